The zero-order chi connectivity index (χ0) is 22.4. The third kappa shape index (κ3) is 6.35. The fourth-order valence-electron chi connectivity index (χ4n) is 2.40. The lowest BCUT2D eigenvalue weighted by Gasteiger charge is -2.10. The van der Waals surface area contributed by atoms with E-state index in [-0.39, 0.29) is 22.2 Å². The van der Waals surface area contributed by atoms with Crippen LogP contribution in [0.3, 0.4) is 0 Å². The van der Waals surface area contributed by atoms with E-state index < -0.39 is 23.7 Å². The highest BCUT2D eigenvalue weighted by molar-refractivity contribution is 7.99. The number of hydrogen-bond acceptors (Lipinski definition) is 6. The second kappa shape index (κ2) is 9.69. The van der Waals surface area contributed by atoms with Crippen molar-refractivity contribution in [3.63, 3.8) is 0 Å². The van der Waals surface area contributed by atoms with Crippen molar-refractivity contribution in [3.05, 3.63) is 77.7 Å². The average molecular weight is 449 g/mol. The molecular weight excluding hydrogens is 434 g/mol. The standard InChI is InChI=1S/C21H15F4N3O2S/c1-13(14-5-3-2-4-6-14)28-30-19(29)12-31-20-26-17(11-18(27-20)21(23,24)25)15-7-9-16(22)10-8-15/h2-11H,12H2,1H3. The Bertz CT molecular complexity index is 1090. The van der Waals surface area contributed by atoms with Crippen molar-refractivity contribution in [1.29, 1.82) is 0 Å². The highest BCUT2D eigenvalue weighted by Gasteiger charge is 2.34. The Balaban J connectivity index is 1.73. The maximum absolute atomic E-state index is 13.2. The van der Waals surface area contributed by atoms with Crippen LogP contribution in [0.2, 0.25) is 0 Å². The summed E-state index contributed by atoms with van der Waals surface area (Å²) < 4.78 is 52.8. The Morgan fingerprint density at radius 2 is 1.74 bits per heavy atom. The molecule has 3 rings (SSSR count). The highest BCUT2D eigenvalue weighted by atomic mass is 32.2. The first kappa shape index (κ1) is 22.4. The number of thioether (sulfide) groups is 1. The minimum atomic E-state index is -4.72. The number of oxime groups is 1. The highest BCUT2D eigenvalue weighted by Crippen LogP contribution is 2.32. The summed E-state index contributed by atoms with van der Waals surface area (Å²) in [6.45, 7) is 1.65. The molecule has 0 aliphatic carbocycles. The Labute approximate surface area is 179 Å². The van der Waals surface area contributed by atoms with Crippen molar-refractivity contribution in [2.24, 2.45) is 5.16 Å². The van der Waals surface area contributed by atoms with Gasteiger partial charge in [-0.3, -0.25) is 0 Å². The molecule has 1 heterocycles. The van der Waals surface area contributed by atoms with E-state index in [0.29, 0.717) is 17.5 Å². The lowest BCUT2D eigenvalue weighted by molar-refractivity contribution is -0.141. The van der Waals surface area contributed by atoms with Crippen molar-refractivity contribution in [1.82, 2.24) is 9.97 Å². The second-order valence-electron chi connectivity index (χ2n) is 6.22. The smallest absolute Gasteiger partial charge is 0.317 e. The van der Waals surface area contributed by atoms with Crippen LogP contribution in [0.1, 0.15) is 18.2 Å². The van der Waals surface area contributed by atoms with Crippen LogP contribution in [0.5, 0.6) is 0 Å². The molecule has 2 aromatic carbocycles. The summed E-state index contributed by atoms with van der Waals surface area (Å²) in [4.78, 5) is 24.3. The molecule has 0 aliphatic rings. The molecule has 0 amide bonds. The number of halogens is 4. The molecule has 0 spiro atoms. The lowest BCUT2D eigenvalue weighted by Crippen LogP contribution is -2.11. The fraction of sp³-hybridized carbons (Fsp3) is 0.143. The molecule has 0 saturated heterocycles. The van der Waals surface area contributed by atoms with Gasteiger partial charge in [0.15, 0.2) is 5.16 Å². The summed E-state index contributed by atoms with van der Waals surface area (Å²) in [5.74, 6) is -1.65. The minimum absolute atomic E-state index is 0.0452. The van der Waals surface area contributed by atoms with E-state index in [2.05, 4.69) is 15.1 Å². The maximum Gasteiger partial charge on any atom is 0.433 e. The van der Waals surface area contributed by atoms with E-state index in [1.165, 1.54) is 12.1 Å². The van der Waals surface area contributed by atoms with Gasteiger partial charge in [0.05, 0.1) is 11.4 Å². The zero-order valence-corrected chi connectivity index (χ0v) is 16.9. The van der Waals surface area contributed by atoms with Crippen LogP contribution in [-0.2, 0) is 15.8 Å². The van der Waals surface area contributed by atoms with Crippen LogP contribution in [0.4, 0.5) is 17.6 Å². The average Bonchev–Trinajstić information content (AvgIpc) is 2.76. The van der Waals surface area contributed by atoms with Gasteiger partial charge in [0.25, 0.3) is 0 Å². The molecule has 0 radical (unpaired) electrons. The number of carbonyl (C=O) groups excluding carboxylic acids is 1. The molecule has 0 unspecified atom stereocenters. The SMILES string of the molecule is CC(=NOC(=O)CSc1nc(-c2ccc(F)cc2)cc(C(F)(F)F)n1)c1ccccc1. The number of benzene rings is 2. The van der Waals surface area contributed by atoms with Crippen molar-refractivity contribution in [2.45, 2.75) is 18.3 Å². The Hall–Kier alpha value is -3.27. The van der Waals surface area contributed by atoms with Crippen LogP contribution in [0, 0.1) is 5.82 Å². The molecule has 160 valence electrons. The van der Waals surface area contributed by atoms with E-state index in [1.807, 2.05) is 6.07 Å². The fourth-order valence-corrected chi connectivity index (χ4v) is 3.03. The van der Waals surface area contributed by atoms with Gasteiger partial charge >= 0.3 is 12.1 Å². The topological polar surface area (TPSA) is 64.4 Å². The number of carbonyl (C=O) groups is 1. The Morgan fingerprint density at radius 1 is 1.06 bits per heavy atom. The molecule has 31 heavy (non-hydrogen) atoms. The summed E-state index contributed by atoms with van der Waals surface area (Å²) in [6, 6.07) is 14.6. The predicted octanol–water partition coefficient (Wildman–Crippen LogP) is 5.36. The van der Waals surface area contributed by atoms with E-state index in [9.17, 15) is 22.4 Å². The molecular formula is C21H15F4N3O2S. The largest absolute Gasteiger partial charge is 0.433 e. The first-order valence-electron chi connectivity index (χ1n) is 8.87. The van der Waals surface area contributed by atoms with Crippen molar-refractivity contribution in [3.8, 4) is 11.3 Å². The number of hydrogen-bond donors (Lipinski definition) is 0. The van der Waals surface area contributed by atoms with Gasteiger partial charge in [0.1, 0.15) is 17.3 Å². The summed E-state index contributed by atoms with van der Waals surface area (Å²) >= 11 is 0.678. The molecule has 0 bridgehead atoms. The number of rotatable bonds is 6. The normalized spacial score (nSPS) is 12.0. The van der Waals surface area contributed by atoms with Crippen LogP contribution in [0.15, 0.2) is 71.0 Å². The van der Waals surface area contributed by atoms with E-state index in [4.69, 9.17) is 4.84 Å². The van der Waals surface area contributed by atoms with Gasteiger partial charge in [-0.1, -0.05) is 47.2 Å². The molecule has 0 atom stereocenters. The Morgan fingerprint density at radius 3 is 2.39 bits per heavy atom. The second-order valence-corrected chi connectivity index (χ2v) is 7.16. The summed E-state index contributed by atoms with van der Waals surface area (Å²) in [5, 5.41) is 3.47. The predicted molar refractivity (Wildman–Crippen MR) is 108 cm³/mol. The maximum atomic E-state index is 13.2. The van der Waals surface area contributed by atoms with Gasteiger partial charge in [-0.25, -0.2) is 19.2 Å². The van der Waals surface area contributed by atoms with Gasteiger partial charge in [0, 0.05) is 5.56 Å². The number of alkyl halides is 3. The zero-order valence-electron chi connectivity index (χ0n) is 16.1. The van der Waals surface area contributed by atoms with Gasteiger partial charge in [0.2, 0.25) is 0 Å². The number of nitrogens with zero attached hydrogens (tertiary/aromatic N) is 3. The van der Waals surface area contributed by atoms with Crippen LogP contribution >= 0.6 is 11.8 Å². The van der Waals surface area contributed by atoms with Crippen LogP contribution in [-0.4, -0.2) is 27.4 Å². The quantitative estimate of drug-likeness (QED) is 0.127. The number of aromatic nitrogens is 2. The minimum Gasteiger partial charge on any atom is -0.317 e. The first-order chi connectivity index (χ1) is 14.7. The third-order valence-electron chi connectivity index (χ3n) is 3.93. The molecule has 1 aromatic heterocycles. The monoisotopic (exact) mass is 449 g/mol. The van der Waals surface area contributed by atoms with Crippen LogP contribution < -0.4 is 0 Å². The van der Waals surface area contributed by atoms with E-state index in [1.54, 1.807) is 31.2 Å². The van der Waals surface area contributed by atoms with Crippen molar-refractivity contribution in [2.75, 3.05) is 5.75 Å². The van der Waals surface area contributed by atoms with Crippen molar-refractivity contribution < 1.29 is 27.2 Å². The summed E-state index contributed by atoms with van der Waals surface area (Å²) in [7, 11) is 0. The lowest BCUT2D eigenvalue weighted by atomic mass is 10.1. The third-order valence-corrected chi connectivity index (χ3v) is 4.75. The van der Waals surface area contributed by atoms with E-state index in [0.717, 1.165) is 23.8 Å². The van der Waals surface area contributed by atoms with Crippen LogP contribution in [0.25, 0.3) is 11.3 Å². The molecule has 0 saturated carbocycles. The van der Waals surface area contributed by atoms with Gasteiger partial charge in [-0.05, 0) is 42.8 Å². The molecule has 0 aliphatic heterocycles. The summed E-state index contributed by atoms with van der Waals surface area (Å²) in [6.07, 6.45) is -4.72. The molecule has 0 fully saturated rings. The molecule has 5 nitrogen and oxygen atoms in total. The van der Waals surface area contributed by atoms with E-state index >= 15 is 0 Å². The van der Waals surface area contributed by atoms with Gasteiger partial charge in [-0.15, -0.1) is 0 Å². The first-order valence-corrected chi connectivity index (χ1v) is 9.86. The molecule has 10 heteroatoms. The Kier molecular flexibility index (Phi) is 7.01. The van der Waals surface area contributed by atoms with Gasteiger partial charge in [-0.2, -0.15) is 13.2 Å². The van der Waals surface area contributed by atoms with Gasteiger partial charge < -0.3 is 4.84 Å². The molecule has 0 N–H and O–H groups in total. The van der Waals surface area contributed by atoms with Crippen molar-refractivity contribution >= 4 is 23.4 Å². The summed E-state index contributed by atoms with van der Waals surface area (Å²) in [5.41, 5.74) is 0.287. The molecule has 3 aromatic rings.